The topological polar surface area (TPSA) is 41.0 Å². The molecule has 1 aliphatic carbocycles. The van der Waals surface area contributed by atoms with Crippen molar-refractivity contribution in [3.63, 3.8) is 0 Å². The fraction of sp³-hybridized carbons (Fsp3) is 0.692. The molecule has 1 atom stereocenters. The summed E-state index contributed by atoms with van der Waals surface area (Å²) in [5.41, 5.74) is 0. The molecule has 2 heterocycles. The smallest absolute Gasteiger partial charge is 0.135 e. The van der Waals surface area contributed by atoms with Gasteiger partial charge in [-0.1, -0.05) is 11.6 Å². The summed E-state index contributed by atoms with van der Waals surface area (Å²) in [6.07, 6.45) is 4.84. The summed E-state index contributed by atoms with van der Waals surface area (Å²) in [4.78, 5) is 11.3. The molecule has 1 saturated carbocycles. The van der Waals surface area contributed by atoms with Crippen molar-refractivity contribution in [3.8, 4) is 0 Å². The zero-order valence-electron chi connectivity index (χ0n) is 10.7. The quantitative estimate of drug-likeness (QED) is 0.854. The maximum atomic E-state index is 6.07. The predicted molar refractivity (Wildman–Crippen MR) is 73.2 cm³/mol. The lowest BCUT2D eigenvalue weighted by molar-refractivity contribution is 0.260. The first-order valence-electron chi connectivity index (χ1n) is 6.70. The van der Waals surface area contributed by atoms with Crippen LogP contribution in [0.1, 0.15) is 37.4 Å². The number of likely N-dealkylation sites (N-methyl/N-ethyl adjacent to an activating group) is 1. The molecule has 1 N–H and O–H groups in total. The first-order chi connectivity index (χ1) is 8.70. The molecule has 0 radical (unpaired) electrons. The number of hydrogen-bond donors (Lipinski definition) is 1. The monoisotopic (exact) mass is 266 g/mol. The van der Waals surface area contributed by atoms with E-state index in [1.807, 2.05) is 6.07 Å². The van der Waals surface area contributed by atoms with Gasteiger partial charge in [-0.25, -0.2) is 9.97 Å². The molecule has 0 bridgehead atoms. The van der Waals surface area contributed by atoms with Crippen LogP contribution in [0.4, 0.5) is 5.82 Å². The van der Waals surface area contributed by atoms with Crippen LogP contribution in [0.3, 0.4) is 0 Å². The van der Waals surface area contributed by atoms with Crippen LogP contribution in [0, 0.1) is 0 Å². The van der Waals surface area contributed by atoms with Crippen LogP contribution in [0.2, 0.25) is 5.15 Å². The second-order valence-electron chi connectivity index (χ2n) is 5.45. The SMILES string of the molecule is CN1CCCC(Nc2cc(Cl)nc(C3CC3)n2)C1. The Morgan fingerprint density at radius 2 is 2.17 bits per heavy atom. The standard InChI is InChI=1S/C13H19ClN4/c1-18-6-2-3-10(8-18)15-12-7-11(14)16-13(17-12)9-4-5-9/h7,9-10H,2-6,8H2,1H3,(H,15,16,17). The second kappa shape index (κ2) is 5.02. The molecule has 0 amide bonds. The first kappa shape index (κ1) is 12.2. The van der Waals surface area contributed by atoms with Gasteiger partial charge in [-0.05, 0) is 39.3 Å². The van der Waals surface area contributed by atoms with E-state index < -0.39 is 0 Å². The highest BCUT2D eigenvalue weighted by Crippen LogP contribution is 2.38. The van der Waals surface area contributed by atoms with Gasteiger partial charge >= 0.3 is 0 Å². The highest BCUT2D eigenvalue weighted by Gasteiger charge is 2.27. The molecule has 5 heteroatoms. The van der Waals surface area contributed by atoms with Gasteiger partial charge in [0, 0.05) is 24.6 Å². The Bertz CT molecular complexity index is 433. The molecule has 2 fully saturated rings. The Morgan fingerprint density at radius 1 is 1.33 bits per heavy atom. The molecular weight excluding hydrogens is 248 g/mol. The normalized spacial score (nSPS) is 25.1. The Kier molecular flexibility index (Phi) is 3.39. The van der Waals surface area contributed by atoms with Crippen LogP contribution < -0.4 is 5.32 Å². The number of nitrogens with one attached hydrogen (secondary N) is 1. The Labute approximate surface area is 113 Å². The van der Waals surface area contributed by atoms with E-state index in [0.29, 0.717) is 17.1 Å². The summed E-state index contributed by atoms with van der Waals surface area (Å²) < 4.78 is 0. The van der Waals surface area contributed by atoms with Gasteiger partial charge in [0.25, 0.3) is 0 Å². The number of aromatic nitrogens is 2. The number of rotatable bonds is 3. The van der Waals surface area contributed by atoms with Gasteiger partial charge in [0.1, 0.15) is 16.8 Å². The number of hydrogen-bond acceptors (Lipinski definition) is 4. The van der Waals surface area contributed by atoms with Gasteiger partial charge in [0.15, 0.2) is 0 Å². The van der Waals surface area contributed by atoms with E-state index in [1.165, 1.54) is 32.2 Å². The van der Waals surface area contributed by atoms with Crippen molar-refractivity contribution >= 4 is 17.4 Å². The van der Waals surface area contributed by atoms with Crippen molar-refractivity contribution in [2.75, 3.05) is 25.5 Å². The van der Waals surface area contributed by atoms with Crippen LogP contribution in [0.5, 0.6) is 0 Å². The molecule has 1 saturated heterocycles. The van der Waals surface area contributed by atoms with Crippen LogP contribution in [-0.2, 0) is 0 Å². The Balaban J connectivity index is 1.71. The van der Waals surface area contributed by atoms with Gasteiger partial charge in [-0.3, -0.25) is 0 Å². The van der Waals surface area contributed by atoms with E-state index in [2.05, 4.69) is 27.2 Å². The third kappa shape index (κ3) is 2.93. The molecule has 0 aromatic carbocycles. The van der Waals surface area contributed by atoms with E-state index in [-0.39, 0.29) is 0 Å². The van der Waals surface area contributed by atoms with Crippen LogP contribution in [0.25, 0.3) is 0 Å². The summed E-state index contributed by atoms with van der Waals surface area (Å²) in [7, 11) is 2.16. The van der Waals surface area contributed by atoms with Gasteiger partial charge in [0.05, 0.1) is 0 Å². The third-order valence-corrected chi connectivity index (χ3v) is 3.82. The van der Waals surface area contributed by atoms with E-state index in [9.17, 15) is 0 Å². The maximum Gasteiger partial charge on any atom is 0.135 e. The lowest BCUT2D eigenvalue weighted by atomic mass is 10.1. The average molecular weight is 267 g/mol. The molecule has 2 aliphatic rings. The van der Waals surface area contributed by atoms with Crippen molar-refractivity contribution in [1.82, 2.24) is 14.9 Å². The molecule has 1 unspecified atom stereocenters. The summed E-state index contributed by atoms with van der Waals surface area (Å²) in [5, 5.41) is 4.05. The summed E-state index contributed by atoms with van der Waals surface area (Å²) in [6, 6.07) is 2.31. The lowest BCUT2D eigenvalue weighted by Crippen LogP contribution is -2.39. The largest absolute Gasteiger partial charge is 0.366 e. The summed E-state index contributed by atoms with van der Waals surface area (Å²) in [6.45, 7) is 2.26. The van der Waals surface area contributed by atoms with Crippen LogP contribution in [0.15, 0.2) is 6.07 Å². The van der Waals surface area contributed by atoms with Gasteiger partial charge in [-0.2, -0.15) is 0 Å². The Hall–Kier alpha value is -0.870. The second-order valence-corrected chi connectivity index (χ2v) is 5.84. The number of nitrogens with zero attached hydrogens (tertiary/aromatic N) is 3. The highest BCUT2D eigenvalue weighted by atomic mass is 35.5. The molecule has 1 aromatic rings. The Morgan fingerprint density at radius 3 is 2.89 bits per heavy atom. The lowest BCUT2D eigenvalue weighted by Gasteiger charge is -2.30. The van der Waals surface area contributed by atoms with E-state index in [0.717, 1.165) is 18.2 Å². The van der Waals surface area contributed by atoms with Crippen LogP contribution >= 0.6 is 11.6 Å². The molecule has 1 aliphatic heterocycles. The average Bonchev–Trinajstić information content (AvgIpc) is 3.11. The van der Waals surface area contributed by atoms with Gasteiger partial charge < -0.3 is 10.2 Å². The molecule has 4 nitrogen and oxygen atoms in total. The fourth-order valence-electron chi connectivity index (χ4n) is 2.53. The molecule has 98 valence electrons. The summed E-state index contributed by atoms with van der Waals surface area (Å²) >= 11 is 6.07. The first-order valence-corrected chi connectivity index (χ1v) is 7.08. The van der Waals surface area contributed by atoms with Crippen molar-refractivity contribution in [2.45, 2.75) is 37.6 Å². The fourth-order valence-corrected chi connectivity index (χ4v) is 2.72. The number of anilines is 1. The zero-order valence-corrected chi connectivity index (χ0v) is 11.5. The van der Waals surface area contributed by atoms with E-state index in [4.69, 9.17) is 11.6 Å². The van der Waals surface area contributed by atoms with Crippen LogP contribution in [-0.4, -0.2) is 41.0 Å². The highest BCUT2D eigenvalue weighted by molar-refractivity contribution is 6.29. The molecular formula is C13H19ClN4. The third-order valence-electron chi connectivity index (χ3n) is 3.63. The van der Waals surface area contributed by atoms with Crippen molar-refractivity contribution in [2.24, 2.45) is 0 Å². The predicted octanol–water partition coefficient (Wildman–Crippen LogP) is 2.51. The van der Waals surface area contributed by atoms with E-state index >= 15 is 0 Å². The minimum absolute atomic E-state index is 0.474. The minimum Gasteiger partial charge on any atom is -0.366 e. The zero-order chi connectivity index (χ0) is 12.5. The molecule has 0 spiro atoms. The number of halogens is 1. The molecule has 18 heavy (non-hydrogen) atoms. The van der Waals surface area contributed by atoms with E-state index in [1.54, 1.807) is 0 Å². The van der Waals surface area contributed by atoms with Crippen molar-refractivity contribution in [3.05, 3.63) is 17.0 Å². The molecule has 3 rings (SSSR count). The van der Waals surface area contributed by atoms with Crippen molar-refractivity contribution < 1.29 is 0 Å². The molecule has 1 aromatic heterocycles. The minimum atomic E-state index is 0.474. The van der Waals surface area contributed by atoms with Crippen molar-refractivity contribution in [1.29, 1.82) is 0 Å². The van der Waals surface area contributed by atoms with Gasteiger partial charge in [-0.15, -0.1) is 0 Å². The number of likely N-dealkylation sites (tertiary alicyclic amines) is 1. The number of piperidine rings is 1. The van der Waals surface area contributed by atoms with Gasteiger partial charge in [0.2, 0.25) is 0 Å². The maximum absolute atomic E-state index is 6.07. The summed E-state index contributed by atoms with van der Waals surface area (Å²) in [5.74, 6) is 2.34.